The molecule has 9 heteroatoms. The van der Waals surface area contributed by atoms with Crippen LogP contribution in [0.2, 0.25) is 0 Å². The number of morpholine rings is 1. The van der Waals surface area contributed by atoms with Crippen molar-refractivity contribution in [1.82, 2.24) is 20.1 Å². The molecule has 2 aromatic heterocycles. The van der Waals surface area contributed by atoms with Crippen molar-refractivity contribution >= 4 is 23.3 Å². The van der Waals surface area contributed by atoms with E-state index in [4.69, 9.17) is 9.72 Å². The zero-order valence-electron chi connectivity index (χ0n) is 22.6. The molecule has 0 spiro atoms. The van der Waals surface area contributed by atoms with Crippen molar-refractivity contribution in [1.29, 1.82) is 0 Å². The highest BCUT2D eigenvalue weighted by Crippen LogP contribution is 2.58. The smallest absolute Gasteiger partial charge is 0.270 e. The monoisotopic (exact) mass is 520 g/mol. The Morgan fingerprint density at radius 2 is 1.92 bits per heavy atom. The number of nitrogens with zero attached hydrogens (tertiary/aromatic N) is 4. The number of rotatable bonds is 9. The number of ether oxygens (including phenoxy) is 1. The topological polar surface area (TPSA) is 101 Å². The van der Waals surface area contributed by atoms with Gasteiger partial charge in [-0.3, -0.25) is 14.3 Å². The summed E-state index contributed by atoms with van der Waals surface area (Å²) in [6, 6.07) is 4.97. The number of hydrogen-bond donors (Lipinski definition) is 2. The third-order valence-electron chi connectivity index (χ3n) is 9.59. The van der Waals surface area contributed by atoms with Crippen LogP contribution in [0.25, 0.3) is 0 Å². The van der Waals surface area contributed by atoms with E-state index in [0.29, 0.717) is 23.2 Å². The van der Waals surface area contributed by atoms with Crippen molar-refractivity contribution in [3.05, 3.63) is 36.3 Å². The van der Waals surface area contributed by atoms with Gasteiger partial charge in [0.1, 0.15) is 17.6 Å². The predicted octanol–water partition coefficient (Wildman–Crippen LogP) is 3.77. The standard InChI is InChI=1S/C29H40N6O3/c1-29(12-13-29)25(20-7-4-8-20)26(33-27(36)22-11-14-31-34(22)2)28(37)32-21-9-10-24(30-17-21)35-15-16-38-23(18-35)19-5-3-6-19/h9-11,14,17,19-20,23,25-26H,3-8,12-13,15-16,18H2,1-2H3,(H,32,37)(H,33,36)/t23?,25?,26-/m0/s1. The maximum atomic E-state index is 13.8. The van der Waals surface area contributed by atoms with Crippen LogP contribution in [0.1, 0.15) is 68.8 Å². The highest BCUT2D eigenvalue weighted by molar-refractivity contribution is 6.00. The third kappa shape index (κ3) is 5.05. The summed E-state index contributed by atoms with van der Waals surface area (Å²) in [6.45, 7) is 4.68. The molecule has 3 aliphatic carbocycles. The molecule has 204 valence electrons. The molecule has 2 unspecified atom stereocenters. The van der Waals surface area contributed by atoms with E-state index < -0.39 is 6.04 Å². The van der Waals surface area contributed by atoms with E-state index in [1.54, 1.807) is 30.2 Å². The second-order valence-electron chi connectivity index (χ2n) is 12.1. The van der Waals surface area contributed by atoms with Crippen molar-refractivity contribution in [3.63, 3.8) is 0 Å². The van der Waals surface area contributed by atoms with Crippen molar-refractivity contribution in [2.45, 2.75) is 70.4 Å². The fourth-order valence-corrected chi connectivity index (χ4v) is 6.55. The van der Waals surface area contributed by atoms with Gasteiger partial charge in [-0.15, -0.1) is 0 Å². The summed E-state index contributed by atoms with van der Waals surface area (Å²) in [5.41, 5.74) is 1.19. The fourth-order valence-electron chi connectivity index (χ4n) is 6.55. The number of carbonyl (C=O) groups is 2. The molecule has 2 aromatic rings. The Morgan fingerprint density at radius 3 is 2.50 bits per heavy atom. The van der Waals surface area contributed by atoms with Gasteiger partial charge in [-0.2, -0.15) is 5.10 Å². The summed E-state index contributed by atoms with van der Waals surface area (Å²) in [4.78, 5) is 34.0. The Hall–Kier alpha value is -2.94. The van der Waals surface area contributed by atoms with E-state index in [9.17, 15) is 9.59 Å². The number of amides is 2. The largest absolute Gasteiger partial charge is 0.374 e. The molecule has 0 bridgehead atoms. The first kappa shape index (κ1) is 25.3. The Labute approximate surface area is 224 Å². The van der Waals surface area contributed by atoms with Crippen LogP contribution in [0.3, 0.4) is 0 Å². The maximum absolute atomic E-state index is 13.8. The Balaban J connectivity index is 1.17. The minimum absolute atomic E-state index is 0.0856. The Morgan fingerprint density at radius 1 is 1.13 bits per heavy atom. The van der Waals surface area contributed by atoms with Gasteiger partial charge < -0.3 is 20.3 Å². The first-order chi connectivity index (χ1) is 18.4. The summed E-state index contributed by atoms with van der Waals surface area (Å²) in [5, 5.41) is 10.3. The third-order valence-corrected chi connectivity index (χ3v) is 9.59. The Kier molecular flexibility index (Phi) is 6.88. The molecule has 2 amide bonds. The van der Waals surface area contributed by atoms with Gasteiger partial charge >= 0.3 is 0 Å². The quantitative estimate of drug-likeness (QED) is 0.522. The van der Waals surface area contributed by atoms with Crippen LogP contribution in [0.15, 0.2) is 30.6 Å². The number of anilines is 2. The second-order valence-corrected chi connectivity index (χ2v) is 12.1. The summed E-state index contributed by atoms with van der Waals surface area (Å²) in [5.74, 6) is 1.71. The molecule has 38 heavy (non-hydrogen) atoms. The van der Waals surface area contributed by atoms with Crippen molar-refractivity contribution in [3.8, 4) is 0 Å². The van der Waals surface area contributed by atoms with Gasteiger partial charge in [0.05, 0.1) is 24.6 Å². The average molecular weight is 521 g/mol. The number of pyridine rings is 1. The molecule has 1 aliphatic heterocycles. The molecular weight excluding hydrogens is 480 g/mol. The number of nitrogens with one attached hydrogen (secondary N) is 2. The van der Waals surface area contributed by atoms with Gasteiger partial charge in [0.2, 0.25) is 5.91 Å². The van der Waals surface area contributed by atoms with Gasteiger partial charge in [-0.05, 0) is 67.1 Å². The zero-order valence-corrected chi connectivity index (χ0v) is 22.6. The van der Waals surface area contributed by atoms with Crippen LogP contribution in [-0.2, 0) is 16.6 Å². The van der Waals surface area contributed by atoms with E-state index >= 15 is 0 Å². The number of aryl methyl sites for hydroxylation is 1. The van der Waals surface area contributed by atoms with Crippen LogP contribution in [0.4, 0.5) is 11.5 Å². The fraction of sp³-hybridized carbons (Fsp3) is 0.655. The van der Waals surface area contributed by atoms with E-state index in [1.165, 1.54) is 25.7 Å². The van der Waals surface area contributed by atoms with Crippen LogP contribution in [0, 0.1) is 23.2 Å². The highest BCUT2D eigenvalue weighted by atomic mass is 16.5. The van der Waals surface area contributed by atoms with Crippen molar-refractivity contribution < 1.29 is 14.3 Å². The molecule has 9 nitrogen and oxygen atoms in total. The van der Waals surface area contributed by atoms with Gasteiger partial charge in [0.15, 0.2) is 0 Å². The van der Waals surface area contributed by atoms with E-state index in [2.05, 4.69) is 27.6 Å². The Bertz CT molecular complexity index is 1150. The van der Waals surface area contributed by atoms with Crippen LogP contribution < -0.4 is 15.5 Å². The molecule has 1 saturated heterocycles. The van der Waals surface area contributed by atoms with E-state index in [1.807, 2.05) is 12.1 Å². The molecule has 4 fully saturated rings. The number of hydrogen-bond acceptors (Lipinski definition) is 6. The zero-order chi connectivity index (χ0) is 26.3. The van der Waals surface area contributed by atoms with E-state index in [-0.39, 0.29) is 29.3 Å². The average Bonchev–Trinajstić information content (AvgIpc) is 3.44. The first-order valence-corrected chi connectivity index (χ1v) is 14.3. The second kappa shape index (κ2) is 10.3. The summed E-state index contributed by atoms with van der Waals surface area (Å²) >= 11 is 0. The molecule has 6 rings (SSSR count). The minimum Gasteiger partial charge on any atom is -0.374 e. The number of aromatic nitrogens is 3. The maximum Gasteiger partial charge on any atom is 0.270 e. The molecule has 0 aromatic carbocycles. The van der Waals surface area contributed by atoms with Gasteiger partial charge in [0.25, 0.3) is 5.91 Å². The molecule has 3 saturated carbocycles. The molecule has 2 N–H and O–H groups in total. The number of carbonyl (C=O) groups excluding carboxylic acids is 2. The summed E-state index contributed by atoms with van der Waals surface area (Å²) in [7, 11) is 1.74. The van der Waals surface area contributed by atoms with Crippen molar-refractivity contribution in [2.75, 3.05) is 29.9 Å². The minimum atomic E-state index is -0.614. The predicted molar refractivity (Wildman–Crippen MR) is 145 cm³/mol. The highest BCUT2D eigenvalue weighted by Gasteiger charge is 2.54. The molecule has 3 atom stereocenters. The lowest BCUT2D eigenvalue weighted by molar-refractivity contribution is -0.121. The normalized spacial score (nSPS) is 24.6. The lowest BCUT2D eigenvalue weighted by Crippen LogP contribution is -2.54. The van der Waals surface area contributed by atoms with Gasteiger partial charge in [0, 0.05) is 26.3 Å². The first-order valence-electron chi connectivity index (χ1n) is 14.3. The molecule has 0 radical (unpaired) electrons. The summed E-state index contributed by atoms with van der Waals surface area (Å²) in [6.07, 6.45) is 13.1. The molecule has 4 aliphatic rings. The molecule has 3 heterocycles. The molecular formula is C29H40N6O3. The van der Waals surface area contributed by atoms with Crippen LogP contribution in [0.5, 0.6) is 0 Å². The van der Waals surface area contributed by atoms with Crippen LogP contribution >= 0.6 is 0 Å². The van der Waals surface area contributed by atoms with Crippen molar-refractivity contribution in [2.24, 2.45) is 30.2 Å². The van der Waals surface area contributed by atoms with Crippen LogP contribution in [-0.4, -0.2) is 58.4 Å². The lowest BCUT2D eigenvalue weighted by Gasteiger charge is -2.42. The SMILES string of the molecule is Cn1nccc1C(=O)N[C@H](C(=O)Nc1ccc(N2CCOC(C3CCC3)C2)nc1)C(C1CCC1)C1(C)CC1. The van der Waals surface area contributed by atoms with Gasteiger partial charge in [-0.25, -0.2) is 4.98 Å². The lowest BCUT2D eigenvalue weighted by atomic mass is 9.66. The van der Waals surface area contributed by atoms with E-state index in [0.717, 1.165) is 51.2 Å². The van der Waals surface area contributed by atoms with Gasteiger partial charge in [-0.1, -0.05) is 32.6 Å². The summed E-state index contributed by atoms with van der Waals surface area (Å²) < 4.78 is 7.57.